The molecule has 2 rings (SSSR count). The van der Waals surface area contributed by atoms with E-state index in [0.717, 1.165) is 11.1 Å². The molecule has 0 saturated heterocycles. The summed E-state index contributed by atoms with van der Waals surface area (Å²) in [6.45, 7) is 2.80. The van der Waals surface area contributed by atoms with Crippen LogP contribution in [0.2, 0.25) is 10.0 Å². The highest BCUT2D eigenvalue weighted by atomic mass is 35.5. The maximum absolute atomic E-state index is 6.12. The van der Waals surface area contributed by atoms with Gasteiger partial charge in [-0.05, 0) is 36.2 Å². The van der Waals surface area contributed by atoms with Gasteiger partial charge in [0, 0.05) is 35.0 Å². The van der Waals surface area contributed by atoms with Gasteiger partial charge in [0.05, 0.1) is 0 Å². The van der Waals surface area contributed by atoms with Crippen molar-refractivity contribution in [3.8, 4) is 0 Å². The van der Waals surface area contributed by atoms with Gasteiger partial charge in [-0.25, -0.2) is 0 Å². The van der Waals surface area contributed by atoms with Crippen LogP contribution in [0.3, 0.4) is 0 Å². The van der Waals surface area contributed by atoms with Crippen molar-refractivity contribution in [3.05, 3.63) is 63.9 Å². The second kappa shape index (κ2) is 6.19. The monoisotopic (exact) mass is 280 g/mol. The van der Waals surface area contributed by atoms with Gasteiger partial charge in [-0.2, -0.15) is 0 Å². The summed E-state index contributed by atoms with van der Waals surface area (Å²) in [4.78, 5) is 4.11. The minimum atomic E-state index is 0.227. The lowest BCUT2D eigenvalue weighted by Gasteiger charge is -2.14. The minimum absolute atomic E-state index is 0.227. The molecule has 0 aliphatic heterocycles. The van der Waals surface area contributed by atoms with E-state index in [9.17, 15) is 0 Å². The fourth-order valence-corrected chi connectivity index (χ4v) is 2.15. The lowest BCUT2D eigenvalue weighted by Crippen LogP contribution is -2.18. The third-order valence-electron chi connectivity index (χ3n) is 2.80. The van der Waals surface area contributed by atoms with Gasteiger partial charge in [0.1, 0.15) is 0 Å². The smallest absolute Gasteiger partial charge is 0.0465 e. The molecule has 18 heavy (non-hydrogen) atoms. The number of hydrogen-bond donors (Lipinski definition) is 1. The van der Waals surface area contributed by atoms with E-state index in [1.54, 1.807) is 12.3 Å². The van der Waals surface area contributed by atoms with Crippen molar-refractivity contribution in [2.75, 3.05) is 0 Å². The first-order valence-corrected chi connectivity index (χ1v) is 6.49. The zero-order valence-electron chi connectivity index (χ0n) is 10.0. The summed E-state index contributed by atoms with van der Waals surface area (Å²) in [5, 5.41) is 4.75. The van der Waals surface area contributed by atoms with E-state index < -0.39 is 0 Å². The summed E-state index contributed by atoms with van der Waals surface area (Å²) in [5.41, 5.74) is 2.19. The lowest BCUT2D eigenvalue weighted by atomic mass is 10.1. The van der Waals surface area contributed by atoms with Crippen LogP contribution in [0, 0.1) is 0 Å². The van der Waals surface area contributed by atoms with Crippen LogP contribution in [0.25, 0.3) is 0 Å². The average Bonchev–Trinajstić information content (AvgIpc) is 2.38. The second-order valence-corrected chi connectivity index (χ2v) is 4.97. The zero-order valence-corrected chi connectivity index (χ0v) is 11.5. The molecule has 0 aliphatic rings. The molecule has 2 aromatic rings. The molecule has 1 aromatic heterocycles. The normalized spacial score (nSPS) is 12.4. The van der Waals surface area contributed by atoms with Crippen LogP contribution in [-0.2, 0) is 6.54 Å². The first-order valence-electron chi connectivity index (χ1n) is 5.74. The number of halogens is 2. The van der Waals surface area contributed by atoms with Gasteiger partial charge in [-0.3, -0.25) is 4.98 Å². The average molecular weight is 281 g/mol. The van der Waals surface area contributed by atoms with E-state index >= 15 is 0 Å². The van der Waals surface area contributed by atoms with Gasteiger partial charge < -0.3 is 5.32 Å². The van der Waals surface area contributed by atoms with E-state index in [1.807, 2.05) is 30.5 Å². The highest BCUT2D eigenvalue weighted by Crippen LogP contribution is 2.21. The summed E-state index contributed by atoms with van der Waals surface area (Å²) in [7, 11) is 0. The van der Waals surface area contributed by atoms with Crippen molar-refractivity contribution >= 4 is 23.2 Å². The van der Waals surface area contributed by atoms with Crippen molar-refractivity contribution in [1.82, 2.24) is 10.3 Å². The Morgan fingerprint density at radius 3 is 2.78 bits per heavy atom. The Hall–Kier alpha value is -1.09. The molecule has 1 N–H and O–H groups in total. The number of aromatic nitrogens is 1. The first kappa shape index (κ1) is 13.3. The SMILES string of the molecule is C[C@H](NCc1ccc(Cl)cc1Cl)c1cccnc1. The van der Waals surface area contributed by atoms with E-state index in [1.165, 1.54) is 0 Å². The predicted octanol–water partition coefficient (Wildman–Crippen LogP) is 4.24. The first-order chi connectivity index (χ1) is 8.66. The largest absolute Gasteiger partial charge is 0.306 e. The van der Waals surface area contributed by atoms with Crippen LogP contribution in [0.4, 0.5) is 0 Å². The molecule has 1 heterocycles. The fraction of sp³-hybridized carbons (Fsp3) is 0.214. The number of nitrogens with zero attached hydrogens (tertiary/aromatic N) is 1. The van der Waals surface area contributed by atoms with E-state index in [4.69, 9.17) is 23.2 Å². The van der Waals surface area contributed by atoms with Gasteiger partial charge in [0.15, 0.2) is 0 Å². The highest BCUT2D eigenvalue weighted by Gasteiger charge is 2.06. The van der Waals surface area contributed by atoms with Crippen molar-refractivity contribution in [3.63, 3.8) is 0 Å². The molecule has 0 aliphatic carbocycles. The van der Waals surface area contributed by atoms with Crippen LogP contribution in [0.1, 0.15) is 24.1 Å². The number of rotatable bonds is 4. The molecule has 4 heteroatoms. The predicted molar refractivity (Wildman–Crippen MR) is 76.0 cm³/mol. The van der Waals surface area contributed by atoms with Crippen molar-refractivity contribution < 1.29 is 0 Å². The zero-order chi connectivity index (χ0) is 13.0. The van der Waals surface area contributed by atoms with Crippen molar-refractivity contribution in [1.29, 1.82) is 0 Å². The van der Waals surface area contributed by atoms with E-state index in [0.29, 0.717) is 16.6 Å². The standard InChI is InChI=1S/C14H14Cl2N2/c1-10(11-3-2-6-17-8-11)18-9-12-4-5-13(15)7-14(12)16/h2-8,10,18H,9H2,1H3/t10-/m0/s1. The van der Waals surface area contributed by atoms with Crippen LogP contribution in [0.15, 0.2) is 42.7 Å². The molecule has 0 saturated carbocycles. The maximum atomic E-state index is 6.12. The number of pyridine rings is 1. The molecule has 94 valence electrons. The lowest BCUT2D eigenvalue weighted by molar-refractivity contribution is 0.573. The number of nitrogens with one attached hydrogen (secondary N) is 1. The van der Waals surface area contributed by atoms with Gasteiger partial charge in [0.25, 0.3) is 0 Å². The highest BCUT2D eigenvalue weighted by molar-refractivity contribution is 6.35. The van der Waals surface area contributed by atoms with Crippen molar-refractivity contribution in [2.24, 2.45) is 0 Å². The Morgan fingerprint density at radius 1 is 1.28 bits per heavy atom. The van der Waals surface area contributed by atoms with Gasteiger partial charge in [0.2, 0.25) is 0 Å². The summed E-state index contributed by atoms with van der Waals surface area (Å²) in [6, 6.07) is 9.75. The number of benzene rings is 1. The van der Waals surface area contributed by atoms with Crippen LogP contribution in [0.5, 0.6) is 0 Å². The fourth-order valence-electron chi connectivity index (χ4n) is 1.68. The Kier molecular flexibility index (Phi) is 4.59. The molecular weight excluding hydrogens is 267 g/mol. The summed E-state index contributed by atoms with van der Waals surface area (Å²) in [5.74, 6) is 0. The van der Waals surface area contributed by atoms with Gasteiger partial charge >= 0.3 is 0 Å². The molecule has 0 spiro atoms. The summed E-state index contributed by atoms with van der Waals surface area (Å²) in [6.07, 6.45) is 3.63. The minimum Gasteiger partial charge on any atom is -0.306 e. The second-order valence-electron chi connectivity index (χ2n) is 4.12. The third-order valence-corrected chi connectivity index (χ3v) is 3.39. The maximum Gasteiger partial charge on any atom is 0.0465 e. The molecule has 1 atom stereocenters. The van der Waals surface area contributed by atoms with E-state index in [-0.39, 0.29) is 6.04 Å². The van der Waals surface area contributed by atoms with Crippen molar-refractivity contribution in [2.45, 2.75) is 19.5 Å². The summed E-state index contributed by atoms with van der Waals surface area (Å²) < 4.78 is 0. The van der Waals surface area contributed by atoms with Crippen LogP contribution < -0.4 is 5.32 Å². The molecule has 0 radical (unpaired) electrons. The van der Waals surface area contributed by atoms with Gasteiger partial charge in [-0.15, -0.1) is 0 Å². The Morgan fingerprint density at radius 2 is 2.11 bits per heavy atom. The molecule has 0 bridgehead atoms. The topological polar surface area (TPSA) is 24.9 Å². The molecular formula is C14H14Cl2N2. The molecule has 0 fully saturated rings. The Balaban J connectivity index is 1.99. The summed E-state index contributed by atoms with van der Waals surface area (Å²) >= 11 is 12.0. The molecule has 0 unspecified atom stereocenters. The van der Waals surface area contributed by atoms with Crippen LogP contribution in [-0.4, -0.2) is 4.98 Å². The molecule has 1 aromatic carbocycles. The van der Waals surface area contributed by atoms with E-state index in [2.05, 4.69) is 17.2 Å². The van der Waals surface area contributed by atoms with Crippen LogP contribution >= 0.6 is 23.2 Å². The number of hydrogen-bond acceptors (Lipinski definition) is 2. The third kappa shape index (κ3) is 3.45. The Labute approximate surface area is 117 Å². The Bertz CT molecular complexity index is 514. The van der Waals surface area contributed by atoms with Gasteiger partial charge in [-0.1, -0.05) is 35.3 Å². The quantitative estimate of drug-likeness (QED) is 0.906. The molecule has 2 nitrogen and oxygen atoms in total. The molecule has 0 amide bonds.